The van der Waals surface area contributed by atoms with Crippen LogP contribution >= 0.6 is 21.6 Å². The first-order valence-corrected chi connectivity index (χ1v) is 10.9. The number of unbranched alkanes of at least 4 members (excludes halogenated alkanes) is 1. The van der Waals surface area contributed by atoms with E-state index in [1.807, 2.05) is 64.8 Å². The summed E-state index contributed by atoms with van der Waals surface area (Å²) in [5.41, 5.74) is 1.75. The van der Waals surface area contributed by atoms with Crippen LogP contribution in [0.25, 0.3) is 0 Å². The van der Waals surface area contributed by atoms with E-state index in [1.54, 1.807) is 0 Å². The van der Waals surface area contributed by atoms with Gasteiger partial charge in [0.1, 0.15) is 0 Å². The third kappa shape index (κ3) is 7.61. The number of hydrogen-bond donors (Lipinski definition) is 1. The number of carbonyl (C=O) groups excluding carboxylic acids is 2. The Balaban J connectivity index is 1.57. The van der Waals surface area contributed by atoms with Gasteiger partial charge in [-0.2, -0.15) is 0 Å². The van der Waals surface area contributed by atoms with Crippen molar-refractivity contribution >= 4 is 44.8 Å². The summed E-state index contributed by atoms with van der Waals surface area (Å²) in [5.74, 6) is 0.626. The van der Waals surface area contributed by atoms with Gasteiger partial charge in [-0.15, -0.1) is 0 Å². The molecule has 1 aromatic carbocycles. The van der Waals surface area contributed by atoms with Gasteiger partial charge in [-0.1, -0.05) is 28.0 Å². The number of hydrogen-bond acceptors (Lipinski definition) is 6. The average molecular weight is 383 g/mol. The maximum absolute atomic E-state index is 11.8. The van der Waals surface area contributed by atoms with Gasteiger partial charge in [-0.25, -0.2) is 0 Å². The lowest BCUT2D eigenvalue weighted by Gasteiger charge is -2.13. The van der Waals surface area contributed by atoms with Crippen molar-refractivity contribution in [3.8, 4) is 0 Å². The highest BCUT2D eigenvalue weighted by atomic mass is 33.1. The van der Waals surface area contributed by atoms with Gasteiger partial charge in [0.2, 0.25) is 0 Å². The minimum atomic E-state index is -0.315. The second-order valence-electron chi connectivity index (χ2n) is 6.22. The summed E-state index contributed by atoms with van der Waals surface area (Å²) in [6.07, 6.45) is 4.69. The molecule has 1 N–H and O–H groups in total. The summed E-state index contributed by atoms with van der Waals surface area (Å²) in [7, 11) is 7.82. The smallest absolute Gasteiger partial charge is 0.306 e. The molecule has 0 aromatic heterocycles. The predicted octanol–water partition coefficient (Wildman–Crippen LogP) is 3.95. The number of nitrogens with one attached hydrogen (secondary N) is 1. The Kier molecular flexibility index (Phi) is 8.48. The Labute approximate surface area is 157 Å². The average Bonchev–Trinajstić information content (AvgIpc) is 3.11. The van der Waals surface area contributed by atoms with Gasteiger partial charge in [0.25, 0.3) is 5.91 Å². The maximum Gasteiger partial charge on any atom is 0.306 e. The van der Waals surface area contributed by atoms with Gasteiger partial charge in [0, 0.05) is 42.9 Å². The van der Waals surface area contributed by atoms with Gasteiger partial charge < -0.3 is 15.0 Å². The molecule has 0 unspecified atom stereocenters. The van der Waals surface area contributed by atoms with Gasteiger partial charge in [-0.3, -0.25) is 9.59 Å². The predicted molar refractivity (Wildman–Crippen MR) is 107 cm³/mol. The van der Waals surface area contributed by atoms with Crippen molar-refractivity contribution in [2.45, 2.75) is 37.4 Å². The van der Waals surface area contributed by atoms with E-state index in [4.69, 9.17) is 4.74 Å². The van der Waals surface area contributed by atoms with Crippen molar-refractivity contribution in [2.75, 3.05) is 36.7 Å². The van der Waals surface area contributed by atoms with Crippen LogP contribution in [-0.2, 0) is 14.3 Å². The molecule has 1 saturated heterocycles. The number of ether oxygens (including phenoxy) is 1. The lowest BCUT2D eigenvalue weighted by Crippen LogP contribution is -2.20. The van der Waals surface area contributed by atoms with E-state index < -0.39 is 0 Å². The van der Waals surface area contributed by atoms with Gasteiger partial charge >= 0.3 is 5.97 Å². The van der Waals surface area contributed by atoms with E-state index in [1.165, 1.54) is 12.2 Å². The molecule has 1 aliphatic heterocycles. The topological polar surface area (TPSA) is 58.6 Å². The summed E-state index contributed by atoms with van der Waals surface area (Å²) in [5, 5.41) is 3.47. The summed E-state index contributed by atoms with van der Waals surface area (Å²) in [6, 6.07) is 7.49. The van der Waals surface area contributed by atoms with E-state index in [-0.39, 0.29) is 18.5 Å². The van der Waals surface area contributed by atoms with E-state index in [9.17, 15) is 9.59 Å². The second-order valence-corrected chi connectivity index (χ2v) is 9.01. The highest BCUT2D eigenvalue weighted by molar-refractivity contribution is 8.77. The van der Waals surface area contributed by atoms with Crippen LogP contribution < -0.4 is 10.2 Å². The highest BCUT2D eigenvalue weighted by Gasteiger charge is 2.16. The van der Waals surface area contributed by atoms with E-state index in [0.29, 0.717) is 12.1 Å². The Morgan fingerprint density at radius 3 is 2.64 bits per heavy atom. The third-order valence-corrected chi connectivity index (χ3v) is 6.92. The molecule has 1 heterocycles. The maximum atomic E-state index is 11.8. The van der Waals surface area contributed by atoms with Crippen LogP contribution in [-0.4, -0.2) is 43.6 Å². The molecule has 5 nitrogen and oxygen atoms in total. The van der Waals surface area contributed by atoms with Crippen LogP contribution in [0.4, 0.5) is 11.4 Å². The monoisotopic (exact) mass is 382 g/mol. The summed E-state index contributed by atoms with van der Waals surface area (Å²) in [6.45, 7) is -0.233. The quantitative estimate of drug-likeness (QED) is 0.396. The van der Waals surface area contributed by atoms with Crippen LogP contribution in [0.3, 0.4) is 0 Å². The number of anilines is 2. The third-order valence-electron chi connectivity index (χ3n) is 3.92. The Bertz CT molecular complexity index is 558. The number of amides is 1. The molecule has 0 radical (unpaired) electrons. The number of carbonyl (C=O) groups is 2. The fraction of sp³-hybridized carbons (Fsp3) is 0.556. The molecule has 0 spiro atoms. The fourth-order valence-electron chi connectivity index (χ4n) is 2.46. The number of nitrogens with zero attached hydrogens (tertiary/aromatic N) is 1. The molecular weight excluding hydrogens is 356 g/mol. The first kappa shape index (κ1) is 20.0. The standard InChI is InChI=1S/C18H26N2O3S2/c1-20(2)15-9-7-14(8-10-15)19-17(21)13-23-18(22)6-4-3-5-16-11-12-24-25-16/h7-10,16H,3-6,11-13H2,1-2H3,(H,19,21)/t16-/m1/s1. The van der Waals surface area contributed by atoms with Crippen LogP contribution in [0.5, 0.6) is 0 Å². The lowest BCUT2D eigenvalue weighted by molar-refractivity contribution is -0.147. The van der Waals surface area contributed by atoms with Gasteiger partial charge in [0.05, 0.1) is 0 Å². The molecule has 1 aliphatic rings. The zero-order valence-electron chi connectivity index (χ0n) is 14.8. The van der Waals surface area contributed by atoms with Crippen LogP contribution in [0.2, 0.25) is 0 Å². The number of benzene rings is 1. The Morgan fingerprint density at radius 1 is 1.24 bits per heavy atom. The van der Waals surface area contributed by atoms with Crippen molar-refractivity contribution in [1.29, 1.82) is 0 Å². The van der Waals surface area contributed by atoms with Crippen molar-refractivity contribution in [2.24, 2.45) is 0 Å². The van der Waals surface area contributed by atoms with Crippen molar-refractivity contribution in [1.82, 2.24) is 0 Å². The molecule has 0 bridgehead atoms. The SMILES string of the molecule is CN(C)c1ccc(NC(=O)COC(=O)CCCC[C@@H]2CCSS2)cc1. The first-order chi connectivity index (χ1) is 12.0. The lowest BCUT2D eigenvalue weighted by atomic mass is 10.1. The Morgan fingerprint density at radius 2 is 2.00 bits per heavy atom. The van der Waals surface area contributed by atoms with Crippen LogP contribution in [0.1, 0.15) is 32.1 Å². The molecule has 138 valence electrons. The molecule has 1 aromatic rings. The minimum Gasteiger partial charge on any atom is -0.456 e. The largest absolute Gasteiger partial charge is 0.456 e. The zero-order valence-corrected chi connectivity index (χ0v) is 16.5. The number of rotatable bonds is 9. The minimum absolute atomic E-state index is 0.233. The summed E-state index contributed by atoms with van der Waals surface area (Å²) < 4.78 is 5.04. The molecule has 2 rings (SSSR count). The molecular formula is C18H26N2O3S2. The molecule has 0 aliphatic carbocycles. The van der Waals surface area contributed by atoms with Gasteiger partial charge in [0.15, 0.2) is 6.61 Å². The summed E-state index contributed by atoms with van der Waals surface area (Å²) >= 11 is 0. The van der Waals surface area contributed by atoms with Gasteiger partial charge in [-0.05, 0) is 43.5 Å². The number of esters is 1. The van der Waals surface area contributed by atoms with Crippen molar-refractivity contribution in [3.63, 3.8) is 0 Å². The van der Waals surface area contributed by atoms with E-state index in [0.717, 1.165) is 30.2 Å². The van der Waals surface area contributed by atoms with E-state index in [2.05, 4.69) is 5.32 Å². The normalized spacial score (nSPS) is 16.5. The fourth-order valence-corrected chi connectivity index (χ4v) is 5.49. The molecule has 7 heteroatoms. The summed E-state index contributed by atoms with van der Waals surface area (Å²) in [4.78, 5) is 25.5. The first-order valence-electron chi connectivity index (χ1n) is 8.56. The molecule has 1 fully saturated rings. The van der Waals surface area contributed by atoms with E-state index >= 15 is 0 Å². The molecule has 25 heavy (non-hydrogen) atoms. The van der Waals surface area contributed by atoms with Crippen LogP contribution in [0, 0.1) is 0 Å². The molecule has 1 amide bonds. The molecule has 0 saturated carbocycles. The Hall–Kier alpha value is -1.34. The van der Waals surface area contributed by atoms with Crippen molar-refractivity contribution in [3.05, 3.63) is 24.3 Å². The zero-order chi connectivity index (χ0) is 18.1. The van der Waals surface area contributed by atoms with Crippen LogP contribution in [0.15, 0.2) is 24.3 Å². The highest BCUT2D eigenvalue weighted by Crippen LogP contribution is 2.39. The van der Waals surface area contributed by atoms with Crippen molar-refractivity contribution < 1.29 is 14.3 Å². The molecule has 1 atom stereocenters. The second kappa shape index (κ2) is 10.6.